The van der Waals surface area contributed by atoms with Gasteiger partial charge in [-0.2, -0.15) is 0 Å². The molecule has 232 valence electrons. The number of pyridine rings is 1. The van der Waals surface area contributed by atoms with Gasteiger partial charge in [0.05, 0.1) is 17.4 Å². The van der Waals surface area contributed by atoms with Crippen LogP contribution >= 0.6 is 0 Å². The van der Waals surface area contributed by atoms with Gasteiger partial charge in [-0.25, -0.2) is 29.7 Å². The van der Waals surface area contributed by atoms with E-state index in [9.17, 15) is 14.4 Å². The molecule has 45 heavy (non-hydrogen) atoms. The fraction of sp³-hybridized carbons (Fsp3) is 0.438. The molecule has 3 atom stereocenters. The lowest BCUT2D eigenvalue weighted by Gasteiger charge is -2.28. The highest BCUT2D eigenvalue weighted by molar-refractivity contribution is 6.17. The van der Waals surface area contributed by atoms with Crippen LogP contribution in [0.5, 0.6) is 0 Å². The molecule has 2 saturated carbocycles. The van der Waals surface area contributed by atoms with E-state index in [1.165, 1.54) is 11.9 Å². The number of aromatic nitrogens is 6. The number of fused-ring (bicyclic) bond motifs is 1. The van der Waals surface area contributed by atoms with Crippen molar-refractivity contribution in [1.82, 2.24) is 34.2 Å². The van der Waals surface area contributed by atoms with Crippen LogP contribution in [0.1, 0.15) is 86.5 Å². The molecule has 0 bridgehead atoms. The summed E-state index contributed by atoms with van der Waals surface area (Å²) in [5.74, 6) is 2.01. The first kappa shape index (κ1) is 28.8. The number of likely N-dealkylation sites (N-methyl/N-ethyl adjacent to an activating group) is 1. The average Bonchev–Trinajstić information content (AvgIpc) is 3.91. The second-order valence-electron chi connectivity index (χ2n) is 12.9. The summed E-state index contributed by atoms with van der Waals surface area (Å²) in [6, 6.07) is 4.91. The summed E-state index contributed by atoms with van der Waals surface area (Å²) in [6.45, 7) is 9.18. The van der Waals surface area contributed by atoms with E-state index in [4.69, 9.17) is 4.98 Å². The first-order valence-electron chi connectivity index (χ1n) is 15.3. The highest BCUT2D eigenvalue weighted by Gasteiger charge is 2.51. The fourth-order valence-corrected chi connectivity index (χ4v) is 6.16. The number of amides is 4. The molecule has 7 rings (SSSR count). The topological polar surface area (TPSA) is 151 Å². The first-order chi connectivity index (χ1) is 21.4. The number of rotatable bonds is 8. The molecular formula is C32H36N10O3. The third kappa shape index (κ3) is 5.15. The standard InChI is InChI=1S/C32H36N10O3/c1-16-9-10-33-27(34-16)21-12-22(21)29(43)39-26-13-25(36-18(3)37-26)35-17(2)23-15-41-14-20(19-7-8-19)11-24(28(41)38-23)42-31(45)40(6)30(44)32(42,4)5/h9-11,13-15,17,19,21-22H,7-8,12H2,1-6H3,(H2,35,36,37,39,43)/t17-,21?,22?/m1/s1. The number of nitrogens with one attached hydrogen (secondary N) is 2. The van der Waals surface area contributed by atoms with Crippen molar-refractivity contribution in [2.75, 3.05) is 22.6 Å². The predicted octanol–water partition coefficient (Wildman–Crippen LogP) is 4.50. The molecule has 0 aromatic carbocycles. The zero-order valence-electron chi connectivity index (χ0n) is 26.2. The molecule has 1 aliphatic heterocycles. The van der Waals surface area contributed by atoms with Crippen LogP contribution in [-0.4, -0.2) is 64.7 Å². The number of nitrogens with zero attached hydrogens (tertiary/aromatic N) is 8. The van der Waals surface area contributed by atoms with Crippen LogP contribution in [0.15, 0.2) is 36.8 Å². The Bertz CT molecular complexity index is 1880. The van der Waals surface area contributed by atoms with Crippen molar-refractivity contribution in [2.24, 2.45) is 5.92 Å². The minimum Gasteiger partial charge on any atom is -0.362 e. The third-order valence-corrected chi connectivity index (χ3v) is 8.90. The second-order valence-corrected chi connectivity index (χ2v) is 12.9. The lowest BCUT2D eigenvalue weighted by atomic mass is 10.0. The Morgan fingerprint density at radius 1 is 1.04 bits per heavy atom. The van der Waals surface area contributed by atoms with Crippen molar-refractivity contribution in [1.29, 1.82) is 0 Å². The van der Waals surface area contributed by atoms with E-state index in [-0.39, 0.29) is 35.7 Å². The molecule has 4 amide bonds. The first-order valence-corrected chi connectivity index (χ1v) is 15.3. The van der Waals surface area contributed by atoms with Crippen LogP contribution in [0, 0.1) is 19.8 Å². The Labute approximate surface area is 260 Å². The maximum atomic E-state index is 13.3. The molecular weight excluding hydrogens is 572 g/mol. The Kier molecular flexibility index (Phi) is 6.60. The number of carbonyl (C=O) groups is 3. The van der Waals surface area contributed by atoms with Gasteiger partial charge in [0.1, 0.15) is 28.8 Å². The van der Waals surface area contributed by atoms with Gasteiger partial charge in [0, 0.05) is 49.2 Å². The van der Waals surface area contributed by atoms with Crippen LogP contribution in [0.2, 0.25) is 0 Å². The van der Waals surface area contributed by atoms with E-state index in [0.29, 0.717) is 47.0 Å². The Balaban J connectivity index is 1.13. The lowest BCUT2D eigenvalue weighted by molar-refractivity contribution is -0.128. The molecule has 13 heteroatoms. The van der Waals surface area contributed by atoms with Crippen LogP contribution < -0.4 is 15.5 Å². The molecule has 3 aliphatic rings. The maximum absolute atomic E-state index is 13.3. The van der Waals surface area contributed by atoms with Gasteiger partial charge in [0.15, 0.2) is 5.65 Å². The van der Waals surface area contributed by atoms with E-state index in [1.807, 2.05) is 36.6 Å². The predicted molar refractivity (Wildman–Crippen MR) is 167 cm³/mol. The summed E-state index contributed by atoms with van der Waals surface area (Å²) in [6.07, 6.45) is 8.61. The van der Waals surface area contributed by atoms with Gasteiger partial charge in [0.25, 0.3) is 5.91 Å². The van der Waals surface area contributed by atoms with Crippen molar-refractivity contribution < 1.29 is 14.4 Å². The van der Waals surface area contributed by atoms with Crippen LogP contribution in [-0.2, 0) is 9.59 Å². The van der Waals surface area contributed by atoms with Crippen LogP contribution in [0.25, 0.3) is 5.65 Å². The van der Waals surface area contributed by atoms with Crippen molar-refractivity contribution in [3.8, 4) is 0 Å². The zero-order chi connectivity index (χ0) is 31.8. The fourth-order valence-electron chi connectivity index (χ4n) is 6.16. The van der Waals surface area contributed by atoms with E-state index in [0.717, 1.165) is 29.8 Å². The quantitative estimate of drug-likeness (QED) is 0.276. The van der Waals surface area contributed by atoms with Crippen LogP contribution in [0.4, 0.5) is 22.1 Å². The number of hydrogen-bond acceptors (Lipinski definition) is 9. The Hall–Kier alpha value is -4.94. The normalized spacial score (nSPS) is 21.4. The Morgan fingerprint density at radius 3 is 2.49 bits per heavy atom. The molecule has 2 N–H and O–H groups in total. The molecule has 13 nitrogen and oxygen atoms in total. The zero-order valence-corrected chi connectivity index (χ0v) is 26.2. The molecule has 5 heterocycles. The van der Waals surface area contributed by atoms with E-state index < -0.39 is 5.54 Å². The van der Waals surface area contributed by atoms with Gasteiger partial charge in [-0.1, -0.05) is 0 Å². The number of carbonyl (C=O) groups excluding carboxylic acids is 3. The molecule has 2 aliphatic carbocycles. The summed E-state index contributed by atoms with van der Waals surface area (Å²) in [5, 5.41) is 6.34. The van der Waals surface area contributed by atoms with Gasteiger partial charge in [0.2, 0.25) is 5.91 Å². The number of imide groups is 1. The number of anilines is 3. The summed E-state index contributed by atoms with van der Waals surface area (Å²) in [7, 11) is 1.51. The number of hydrogen-bond donors (Lipinski definition) is 2. The highest BCUT2D eigenvalue weighted by atomic mass is 16.2. The summed E-state index contributed by atoms with van der Waals surface area (Å²) in [4.78, 5) is 64.7. The number of aryl methyl sites for hydroxylation is 2. The summed E-state index contributed by atoms with van der Waals surface area (Å²) in [5.41, 5.74) is 2.89. The van der Waals surface area contributed by atoms with E-state index in [2.05, 4.69) is 36.8 Å². The van der Waals surface area contributed by atoms with E-state index >= 15 is 0 Å². The Morgan fingerprint density at radius 2 is 1.80 bits per heavy atom. The smallest absolute Gasteiger partial charge is 0.332 e. The summed E-state index contributed by atoms with van der Waals surface area (Å²) < 4.78 is 1.95. The minimum absolute atomic E-state index is 0.00534. The van der Waals surface area contributed by atoms with Gasteiger partial charge in [-0.15, -0.1) is 0 Å². The number of imidazole rings is 1. The average molecular weight is 609 g/mol. The molecule has 4 aromatic heterocycles. The molecule has 0 radical (unpaired) electrons. The molecule has 3 fully saturated rings. The van der Waals surface area contributed by atoms with Crippen molar-refractivity contribution in [3.63, 3.8) is 0 Å². The van der Waals surface area contributed by atoms with Gasteiger partial charge >= 0.3 is 6.03 Å². The molecule has 1 saturated heterocycles. The highest BCUT2D eigenvalue weighted by Crippen LogP contribution is 2.47. The van der Waals surface area contributed by atoms with E-state index in [1.54, 1.807) is 37.9 Å². The van der Waals surface area contributed by atoms with Crippen molar-refractivity contribution in [3.05, 3.63) is 65.4 Å². The monoisotopic (exact) mass is 608 g/mol. The third-order valence-electron chi connectivity index (χ3n) is 8.90. The SMILES string of the molecule is Cc1ccnc(C2CC2C(=O)Nc2cc(N[C@H](C)c3cn4cc(C5CC5)cc(N5C(=O)N(C)C(=O)C5(C)C)c4n3)nc(C)n2)n1. The minimum atomic E-state index is -1.04. The molecule has 4 aromatic rings. The van der Waals surface area contributed by atoms with Gasteiger partial charge in [-0.05, 0) is 77.5 Å². The number of urea groups is 1. The van der Waals surface area contributed by atoms with Crippen molar-refractivity contribution in [2.45, 2.75) is 77.3 Å². The van der Waals surface area contributed by atoms with Gasteiger partial charge < -0.3 is 15.0 Å². The summed E-state index contributed by atoms with van der Waals surface area (Å²) >= 11 is 0. The largest absolute Gasteiger partial charge is 0.362 e. The molecule has 2 unspecified atom stereocenters. The van der Waals surface area contributed by atoms with Crippen LogP contribution in [0.3, 0.4) is 0 Å². The van der Waals surface area contributed by atoms with Gasteiger partial charge in [-0.3, -0.25) is 19.4 Å². The van der Waals surface area contributed by atoms with Crippen molar-refractivity contribution >= 4 is 40.8 Å². The maximum Gasteiger partial charge on any atom is 0.332 e. The lowest BCUT2D eigenvalue weighted by Crippen LogP contribution is -2.44. The second kappa shape index (κ2) is 10.3. The molecule has 0 spiro atoms.